The highest BCUT2D eigenvalue weighted by molar-refractivity contribution is 6.11. The second-order valence-electron chi connectivity index (χ2n) is 4.67. The third-order valence-electron chi connectivity index (χ3n) is 2.57. The molecule has 22 heavy (non-hydrogen) atoms. The van der Waals surface area contributed by atoms with Crippen molar-refractivity contribution < 1.29 is 4.79 Å². The minimum atomic E-state index is -0.710. The highest BCUT2D eigenvalue weighted by Crippen LogP contribution is 2.14. The van der Waals surface area contributed by atoms with Crippen molar-refractivity contribution >= 4 is 24.8 Å². The SMILES string of the molecule is C=C(N)NC(C#C/C=C1\N=CN(C(C)C)C1=NC=NC)C=O. The van der Waals surface area contributed by atoms with Crippen molar-refractivity contribution in [3.63, 3.8) is 0 Å². The molecule has 1 aliphatic heterocycles. The van der Waals surface area contributed by atoms with E-state index in [1.165, 1.54) is 6.34 Å². The van der Waals surface area contributed by atoms with E-state index in [1.54, 1.807) is 19.5 Å². The average Bonchev–Trinajstić information content (AvgIpc) is 2.86. The number of rotatable bonds is 5. The zero-order valence-corrected chi connectivity index (χ0v) is 12.9. The molecule has 1 aliphatic rings. The lowest BCUT2D eigenvalue weighted by Crippen LogP contribution is -2.32. The van der Waals surface area contributed by atoms with Crippen LogP contribution in [0.2, 0.25) is 0 Å². The minimum absolute atomic E-state index is 0.185. The molecule has 7 nitrogen and oxygen atoms in total. The van der Waals surface area contributed by atoms with Gasteiger partial charge in [0.1, 0.15) is 18.1 Å². The minimum Gasteiger partial charge on any atom is -0.386 e. The number of allylic oxidation sites excluding steroid dienone is 1. The highest BCUT2D eigenvalue weighted by Gasteiger charge is 2.21. The molecular formula is C15H20N6O. The summed E-state index contributed by atoms with van der Waals surface area (Å²) in [7, 11) is 1.64. The van der Waals surface area contributed by atoms with E-state index in [0.717, 1.165) is 0 Å². The summed E-state index contributed by atoms with van der Waals surface area (Å²) in [5.74, 6) is 6.35. The van der Waals surface area contributed by atoms with E-state index in [2.05, 4.69) is 38.7 Å². The monoisotopic (exact) mass is 300 g/mol. The van der Waals surface area contributed by atoms with E-state index >= 15 is 0 Å². The topological polar surface area (TPSA) is 95.4 Å². The van der Waals surface area contributed by atoms with Crippen molar-refractivity contribution in [2.24, 2.45) is 20.7 Å². The Balaban J connectivity index is 2.97. The van der Waals surface area contributed by atoms with E-state index in [9.17, 15) is 4.79 Å². The third kappa shape index (κ3) is 4.90. The summed E-state index contributed by atoms with van der Waals surface area (Å²) in [4.78, 5) is 25.1. The molecule has 3 N–H and O–H groups in total. The molecule has 0 aliphatic carbocycles. The standard InChI is InChI=1S/C15H20N6O/c1-11(2)21-10-19-14(15(21)18-9-17-4)7-5-6-13(8-22)20-12(3)16/h7-11,13,20H,3,16H2,1-2,4H3/b14-7-,17-9?,18-15?. The second kappa shape index (κ2) is 8.42. The normalized spacial score (nSPS) is 18.8. The van der Waals surface area contributed by atoms with Gasteiger partial charge in [-0.25, -0.2) is 9.98 Å². The van der Waals surface area contributed by atoms with Crippen molar-refractivity contribution in [2.45, 2.75) is 25.9 Å². The van der Waals surface area contributed by atoms with E-state index in [-0.39, 0.29) is 11.9 Å². The van der Waals surface area contributed by atoms with Gasteiger partial charge < -0.3 is 16.0 Å². The summed E-state index contributed by atoms with van der Waals surface area (Å²) in [5.41, 5.74) is 5.99. The Labute approximate surface area is 130 Å². The van der Waals surface area contributed by atoms with Crippen LogP contribution in [0, 0.1) is 11.8 Å². The summed E-state index contributed by atoms with van der Waals surface area (Å²) >= 11 is 0. The van der Waals surface area contributed by atoms with Crippen LogP contribution in [-0.2, 0) is 4.79 Å². The fourth-order valence-corrected chi connectivity index (χ4v) is 1.60. The highest BCUT2D eigenvalue weighted by atomic mass is 16.1. The Morgan fingerprint density at radius 3 is 2.86 bits per heavy atom. The first-order valence-corrected chi connectivity index (χ1v) is 6.68. The van der Waals surface area contributed by atoms with Crippen molar-refractivity contribution in [1.82, 2.24) is 10.2 Å². The first kappa shape index (κ1) is 17.2. The van der Waals surface area contributed by atoms with Gasteiger partial charge in [0.25, 0.3) is 0 Å². The Kier molecular flexibility index (Phi) is 6.57. The Morgan fingerprint density at radius 1 is 1.59 bits per heavy atom. The molecule has 0 bridgehead atoms. The molecule has 0 fully saturated rings. The van der Waals surface area contributed by atoms with Crippen molar-refractivity contribution in [1.29, 1.82) is 0 Å². The molecule has 0 saturated heterocycles. The molecule has 0 spiro atoms. The maximum Gasteiger partial charge on any atom is 0.162 e. The van der Waals surface area contributed by atoms with Crippen LogP contribution >= 0.6 is 0 Å². The molecule has 1 heterocycles. The van der Waals surface area contributed by atoms with Crippen LogP contribution in [0.3, 0.4) is 0 Å². The van der Waals surface area contributed by atoms with Gasteiger partial charge in [-0.05, 0) is 13.8 Å². The molecule has 0 aromatic carbocycles. The van der Waals surface area contributed by atoms with Crippen molar-refractivity contribution in [3.8, 4) is 11.8 Å². The maximum absolute atomic E-state index is 10.9. The van der Waals surface area contributed by atoms with Gasteiger partial charge in [-0.15, -0.1) is 0 Å². The van der Waals surface area contributed by atoms with Gasteiger partial charge in [0, 0.05) is 19.2 Å². The zero-order valence-electron chi connectivity index (χ0n) is 12.9. The summed E-state index contributed by atoms with van der Waals surface area (Å²) in [5, 5.41) is 2.64. The number of aldehydes is 1. The molecule has 1 rings (SSSR count). The Bertz CT molecular complexity index is 603. The van der Waals surface area contributed by atoms with Crippen molar-refractivity contribution in [3.05, 3.63) is 24.2 Å². The number of carbonyl (C=O) groups is 1. The van der Waals surface area contributed by atoms with E-state index in [4.69, 9.17) is 5.73 Å². The maximum atomic E-state index is 10.9. The smallest absolute Gasteiger partial charge is 0.162 e. The molecule has 116 valence electrons. The van der Waals surface area contributed by atoms with E-state index in [1.807, 2.05) is 18.7 Å². The lowest BCUT2D eigenvalue weighted by molar-refractivity contribution is -0.108. The molecule has 7 heteroatoms. The Morgan fingerprint density at radius 2 is 2.32 bits per heavy atom. The molecule has 0 aromatic rings. The van der Waals surface area contributed by atoms with Gasteiger partial charge in [0.05, 0.1) is 12.2 Å². The number of nitrogens with zero attached hydrogens (tertiary/aromatic N) is 4. The summed E-state index contributed by atoms with van der Waals surface area (Å²) in [6.45, 7) is 7.52. The molecule has 0 aromatic heterocycles. The van der Waals surface area contributed by atoms with Gasteiger partial charge >= 0.3 is 0 Å². The van der Waals surface area contributed by atoms with Crippen LogP contribution in [0.5, 0.6) is 0 Å². The first-order valence-electron chi connectivity index (χ1n) is 6.68. The molecule has 0 radical (unpaired) electrons. The largest absolute Gasteiger partial charge is 0.386 e. The van der Waals surface area contributed by atoms with E-state index < -0.39 is 6.04 Å². The summed E-state index contributed by atoms with van der Waals surface area (Å²) in [6.07, 6.45) is 5.39. The predicted octanol–water partition coefficient (Wildman–Crippen LogP) is 0.270. The number of hydrogen-bond donors (Lipinski definition) is 2. The number of carbonyl (C=O) groups excluding carboxylic acids is 1. The summed E-state index contributed by atoms with van der Waals surface area (Å²) in [6, 6.07) is -0.505. The molecule has 0 amide bonds. The second-order valence-corrected chi connectivity index (χ2v) is 4.67. The number of hydrogen-bond acceptors (Lipinski definition) is 5. The van der Waals surface area contributed by atoms with E-state index in [0.29, 0.717) is 17.8 Å². The third-order valence-corrected chi connectivity index (χ3v) is 2.57. The van der Waals surface area contributed by atoms with Gasteiger partial charge in [-0.3, -0.25) is 9.79 Å². The van der Waals surface area contributed by atoms with Gasteiger partial charge in [0.2, 0.25) is 0 Å². The van der Waals surface area contributed by atoms with Crippen LogP contribution < -0.4 is 11.1 Å². The van der Waals surface area contributed by atoms with Crippen molar-refractivity contribution in [2.75, 3.05) is 7.05 Å². The van der Waals surface area contributed by atoms with Gasteiger partial charge in [0.15, 0.2) is 12.1 Å². The van der Waals surface area contributed by atoms with Crippen LogP contribution in [-0.4, -0.2) is 48.8 Å². The van der Waals surface area contributed by atoms with Crippen LogP contribution in [0.15, 0.2) is 39.2 Å². The number of nitrogens with one attached hydrogen (secondary N) is 1. The molecular weight excluding hydrogens is 280 g/mol. The van der Waals surface area contributed by atoms with Crippen LogP contribution in [0.4, 0.5) is 0 Å². The number of amidine groups is 1. The predicted molar refractivity (Wildman–Crippen MR) is 89.5 cm³/mol. The number of aliphatic imine (C=N–C) groups is 3. The Hall–Kier alpha value is -2.88. The first-order chi connectivity index (χ1) is 10.5. The molecule has 1 unspecified atom stereocenters. The molecule has 1 atom stereocenters. The lowest BCUT2D eigenvalue weighted by Gasteiger charge is -2.19. The average molecular weight is 300 g/mol. The van der Waals surface area contributed by atoms with Crippen LogP contribution in [0.1, 0.15) is 13.8 Å². The lowest BCUT2D eigenvalue weighted by atomic mass is 10.3. The van der Waals surface area contributed by atoms with Gasteiger partial charge in [-0.1, -0.05) is 18.4 Å². The fourth-order valence-electron chi connectivity index (χ4n) is 1.60. The fraction of sp³-hybridized carbons (Fsp3) is 0.333. The quantitative estimate of drug-likeness (QED) is 0.330. The summed E-state index contributed by atoms with van der Waals surface area (Å²) < 4.78 is 0. The zero-order chi connectivity index (χ0) is 16.5. The van der Waals surface area contributed by atoms with Crippen LogP contribution in [0.25, 0.3) is 0 Å². The van der Waals surface area contributed by atoms with Gasteiger partial charge in [-0.2, -0.15) is 0 Å². The number of nitrogens with two attached hydrogens (primary N) is 1. The molecule has 0 saturated carbocycles.